The number of fused-ring (bicyclic) bond motifs is 1. The molecule has 30 heavy (non-hydrogen) atoms. The zero-order valence-electron chi connectivity index (χ0n) is 15.8. The van der Waals surface area contributed by atoms with Crippen LogP contribution in [-0.2, 0) is 19.9 Å². The van der Waals surface area contributed by atoms with Gasteiger partial charge in [-0.15, -0.1) is 0 Å². The average molecular weight is 446 g/mol. The number of hydrogen-bond donors (Lipinski definition) is 2. The van der Waals surface area contributed by atoms with E-state index in [0.717, 1.165) is 0 Å². The number of aromatic nitrogens is 1. The molecule has 1 atom stereocenters. The van der Waals surface area contributed by atoms with Crippen molar-refractivity contribution in [3.63, 3.8) is 0 Å². The third kappa shape index (κ3) is 4.29. The van der Waals surface area contributed by atoms with Gasteiger partial charge in [-0.3, -0.25) is 14.5 Å². The van der Waals surface area contributed by atoms with Crippen molar-refractivity contribution in [2.24, 2.45) is 0 Å². The van der Waals surface area contributed by atoms with E-state index in [1.54, 1.807) is 30.3 Å². The summed E-state index contributed by atoms with van der Waals surface area (Å²) in [5.74, 6) is -0.485. The number of amides is 1. The van der Waals surface area contributed by atoms with Crippen molar-refractivity contribution in [1.82, 2.24) is 10.3 Å². The fourth-order valence-corrected chi connectivity index (χ4v) is 6.31. The second kappa shape index (κ2) is 7.69. The summed E-state index contributed by atoms with van der Waals surface area (Å²) < 4.78 is 51.5. The van der Waals surface area contributed by atoms with Crippen LogP contribution < -0.4 is 10.0 Å². The number of rotatable bonds is 5. The Morgan fingerprint density at radius 1 is 1.07 bits per heavy atom. The SMILES string of the molecule is O=C(N[C@H]1CCS(=O)(=O)C1)c1cccc(NS(=O)(=O)c2cccc3cccnc23)c1. The van der Waals surface area contributed by atoms with Gasteiger partial charge < -0.3 is 5.32 Å². The van der Waals surface area contributed by atoms with E-state index in [2.05, 4.69) is 15.0 Å². The number of carbonyl (C=O) groups excluding carboxylic acids is 1. The first kappa shape index (κ1) is 20.3. The van der Waals surface area contributed by atoms with Crippen molar-refractivity contribution in [2.75, 3.05) is 16.2 Å². The first-order valence-electron chi connectivity index (χ1n) is 9.21. The Kier molecular flexibility index (Phi) is 5.20. The molecule has 1 aliphatic rings. The van der Waals surface area contributed by atoms with Gasteiger partial charge in [0.05, 0.1) is 17.0 Å². The summed E-state index contributed by atoms with van der Waals surface area (Å²) in [6.45, 7) is 0. The maximum atomic E-state index is 12.9. The van der Waals surface area contributed by atoms with Crippen molar-refractivity contribution < 1.29 is 21.6 Å². The predicted octanol–water partition coefficient (Wildman–Crippen LogP) is 1.95. The Bertz CT molecular complexity index is 1330. The van der Waals surface area contributed by atoms with Gasteiger partial charge in [-0.05, 0) is 36.8 Å². The molecular weight excluding hydrogens is 426 g/mol. The van der Waals surface area contributed by atoms with Gasteiger partial charge in [0.2, 0.25) is 0 Å². The van der Waals surface area contributed by atoms with Crippen molar-refractivity contribution in [1.29, 1.82) is 0 Å². The Morgan fingerprint density at radius 3 is 2.60 bits per heavy atom. The monoisotopic (exact) mass is 445 g/mol. The highest BCUT2D eigenvalue weighted by molar-refractivity contribution is 7.93. The Morgan fingerprint density at radius 2 is 1.83 bits per heavy atom. The molecule has 0 unspecified atom stereocenters. The largest absolute Gasteiger partial charge is 0.348 e. The lowest BCUT2D eigenvalue weighted by atomic mass is 10.1. The highest BCUT2D eigenvalue weighted by Crippen LogP contribution is 2.23. The molecule has 1 aliphatic heterocycles. The van der Waals surface area contributed by atoms with Crippen LogP contribution in [0.25, 0.3) is 10.9 Å². The topological polar surface area (TPSA) is 122 Å². The van der Waals surface area contributed by atoms with Crippen LogP contribution in [0.15, 0.2) is 65.7 Å². The second-order valence-electron chi connectivity index (χ2n) is 7.09. The van der Waals surface area contributed by atoms with E-state index in [9.17, 15) is 21.6 Å². The first-order chi connectivity index (χ1) is 14.2. The minimum Gasteiger partial charge on any atom is -0.348 e. The normalized spacial score (nSPS) is 18.2. The summed E-state index contributed by atoms with van der Waals surface area (Å²) in [7, 11) is -7.06. The highest BCUT2D eigenvalue weighted by Gasteiger charge is 2.29. The van der Waals surface area contributed by atoms with Crippen LogP contribution in [0.3, 0.4) is 0 Å². The lowest BCUT2D eigenvalue weighted by Gasteiger charge is -2.13. The van der Waals surface area contributed by atoms with E-state index >= 15 is 0 Å². The van der Waals surface area contributed by atoms with Gasteiger partial charge in [-0.1, -0.05) is 24.3 Å². The van der Waals surface area contributed by atoms with E-state index < -0.39 is 31.8 Å². The number of nitrogens with one attached hydrogen (secondary N) is 2. The molecule has 1 fully saturated rings. The van der Waals surface area contributed by atoms with Crippen LogP contribution in [0.5, 0.6) is 0 Å². The number of sulfone groups is 1. The van der Waals surface area contributed by atoms with Gasteiger partial charge >= 0.3 is 0 Å². The number of sulfonamides is 1. The number of nitrogens with zero attached hydrogens (tertiary/aromatic N) is 1. The molecule has 0 aliphatic carbocycles. The molecule has 0 bridgehead atoms. The molecule has 0 spiro atoms. The quantitative estimate of drug-likeness (QED) is 0.619. The summed E-state index contributed by atoms with van der Waals surface area (Å²) in [5, 5.41) is 3.39. The molecule has 4 rings (SSSR count). The summed E-state index contributed by atoms with van der Waals surface area (Å²) in [5.41, 5.74) is 0.800. The van der Waals surface area contributed by atoms with E-state index in [1.807, 2.05) is 0 Å². The number of pyridine rings is 1. The van der Waals surface area contributed by atoms with E-state index in [0.29, 0.717) is 17.3 Å². The molecule has 0 radical (unpaired) electrons. The third-order valence-electron chi connectivity index (χ3n) is 4.83. The molecule has 156 valence electrons. The second-order valence-corrected chi connectivity index (χ2v) is 11.0. The molecule has 1 saturated heterocycles. The molecule has 1 aromatic heterocycles. The van der Waals surface area contributed by atoms with Crippen LogP contribution in [0.1, 0.15) is 16.8 Å². The number of anilines is 1. The van der Waals surface area contributed by atoms with Crippen LogP contribution in [-0.4, -0.2) is 45.3 Å². The molecule has 1 amide bonds. The predicted molar refractivity (Wildman–Crippen MR) is 114 cm³/mol. The molecular formula is C20H19N3O5S2. The fraction of sp³-hybridized carbons (Fsp3) is 0.200. The number of para-hydroxylation sites is 1. The van der Waals surface area contributed by atoms with Crippen LogP contribution in [0, 0.1) is 0 Å². The Balaban J connectivity index is 1.56. The maximum Gasteiger partial charge on any atom is 0.264 e. The number of carbonyl (C=O) groups is 1. The lowest BCUT2D eigenvalue weighted by molar-refractivity contribution is 0.0941. The van der Waals surface area contributed by atoms with Gasteiger partial charge in [0.1, 0.15) is 4.90 Å². The number of hydrogen-bond acceptors (Lipinski definition) is 6. The summed E-state index contributed by atoms with van der Waals surface area (Å²) in [6.07, 6.45) is 1.89. The minimum atomic E-state index is -3.94. The van der Waals surface area contributed by atoms with Gasteiger partial charge in [0, 0.05) is 28.9 Å². The van der Waals surface area contributed by atoms with Crippen LogP contribution in [0.4, 0.5) is 5.69 Å². The third-order valence-corrected chi connectivity index (χ3v) is 8.01. The van der Waals surface area contributed by atoms with Gasteiger partial charge in [-0.2, -0.15) is 0 Å². The minimum absolute atomic E-state index is 0.0339. The standard InChI is InChI=1S/C20H19N3O5S2/c24-20(22-17-9-11-29(25,26)13-17)15-5-1-7-16(12-15)23-30(27,28)18-8-2-4-14-6-3-10-21-19(14)18/h1-8,10,12,17,23H,9,11,13H2,(H,22,24)/t17-/m0/s1. The van der Waals surface area contributed by atoms with E-state index in [-0.39, 0.29) is 27.7 Å². The van der Waals surface area contributed by atoms with E-state index in [4.69, 9.17) is 0 Å². The van der Waals surface area contributed by atoms with Crippen molar-refractivity contribution in [2.45, 2.75) is 17.4 Å². The fourth-order valence-electron chi connectivity index (χ4n) is 3.40. The zero-order valence-corrected chi connectivity index (χ0v) is 17.4. The zero-order chi connectivity index (χ0) is 21.4. The molecule has 10 heteroatoms. The summed E-state index contributed by atoms with van der Waals surface area (Å²) in [6, 6.07) is 14.0. The molecule has 8 nitrogen and oxygen atoms in total. The van der Waals surface area contributed by atoms with Crippen LogP contribution in [0.2, 0.25) is 0 Å². The van der Waals surface area contributed by atoms with Gasteiger partial charge in [0.15, 0.2) is 9.84 Å². The molecule has 0 saturated carbocycles. The summed E-state index contributed by atoms with van der Waals surface area (Å²) >= 11 is 0. The van der Waals surface area contributed by atoms with Crippen molar-refractivity contribution in [3.8, 4) is 0 Å². The maximum absolute atomic E-state index is 12.9. The average Bonchev–Trinajstić information content (AvgIpc) is 3.05. The molecule has 2 heterocycles. The molecule has 2 aromatic carbocycles. The molecule has 2 N–H and O–H groups in total. The smallest absolute Gasteiger partial charge is 0.264 e. The highest BCUT2D eigenvalue weighted by atomic mass is 32.2. The Hall–Kier alpha value is -2.98. The van der Waals surface area contributed by atoms with E-state index in [1.165, 1.54) is 30.5 Å². The summed E-state index contributed by atoms with van der Waals surface area (Å²) in [4.78, 5) is 16.7. The molecule has 3 aromatic rings. The van der Waals surface area contributed by atoms with Crippen molar-refractivity contribution in [3.05, 3.63) is 66.4 Å². The van der Waals surface area contributed by atoms with Gasteiger partial charge in [0.25, 0.3) is 15.9 Å². The van der Waals surface area contributed by atoms with Crippen molar-refractivity contribution >= 4 is 42.4 Å². The first-order valence-corrected chi connectivity index (χ1v) is 12.5. The van der Waals surface area contributed by atoms with Crippen LogP contribution >= 0.6 is 0 Å². The number of benzene rings is 2. The Labute approximate surface area is 174 Å². The lowest BCUT2D eigenvalue weighted by Crippen LogP contribution is -2.35. The van der Waals surface area contributed by atoms with Gasteiger partial charge in [-0.25, -0.2) is 16.8 Å².